The third kappa shape index (κ3) is 4.61. The summed E-state index contributed by atoms with van der Waals surface area (Å²) in [6.07, 6.45) is 1.80. The first-order valence-electron chi connectivity index (χ1n) is 8.37. The molecule has 0 aromatic heterocycles. The Morgan fingerprint density at radius 3 is 2.61 bits per heavy atom. The van der Waals surface area contributed by atoms with Crippen molar-refractivity contribution in [2.45, 2.75) is 46.6 Å². The smallest absolute Gasteiger partial charge is 0.243 e. The van der Waals surface area contributed by atoms with Crippen LogP contribution in [0.25, 0.3) is 0 Å². The minimum atomic E-state index is -0.0899. The number of rotatable bonds is 6. The van der Waals surface area contributed by atoms with E-state index < -0.39 is 0 Å². The quantitative estimate of drug-likeness (QED) is 0.742. The summed E-state index contributed by atoms with van der Waals surface area (Å²) < 4.78 is 5.79. The Morgan fingerprint density at radius 1 is 1.30 bits per heavy atom. The van der Waals surface area contributed by atoms with E-state index in [-0.39, 0.29) is 24.2 Å². The summed E-state index contributed by atoms with van der Waals surface area (Å²) in [7, 11) is 0. The van der Waals surface area contributed by atoms with Gasteiger partial charge in [-0.25, -0.2) is 5.01 Å². The fraction of sp³-hybridized carbons (Fsp3) is 0.611. The molecule has 0 radical (unpaired) electrons. The maximum atomic E-state index is 13.0. The highest BCUT2D eigenvalue weighted by Gasteiger charge is 2.32. The summed E-state index contributed by atoms with van der Waals surface area (Å²) in [6, 6.07) is 8.33. The molecule has 5 heteroatoms. The summed E-state index contributed by atoms with van der Waals surface area (Å²) in [5.74, 6) is 1.01. The van der Waals surface area contributed by atoms with E-state index in [1.807, 2.05) is 30.1 Å². The molecule has 1 aliphatic heterocycles. The number of halogens is 1. The number of para-hydroxylation sites is 1. The largest absolute Gasteiger partial charge is 0.492 e. The lowest BCUT2D eigenvalue weighted by atomic mass is 9.96. The molecule has 1 heterocycles. The Morgan fingerprint density at radius 2 is 2.00 bits per heavy atom. The molecule has 0 N–H and O–H groups in total. The van der Waals surface area contributed by atoms with Gasteiger partial charge < -0.3 is 4.74 Å². The van der Waals surface area contributed by atoms with E-state index in [2.05, 4.69) is 31.8 Å². The number of fused-ring (bicyclic) bond motifs is 1. The molecule has 0 saturated carbocycles. The molecule has 0 fully saturated rings. The van der Waals surface area contributed by atoms with E-state index in [1.54, 1.807) is 0 Å². The van der Waals surface area contributed by atoms with Crippen molar-refractivity contribution in [3.8, 4) is 5.75 Å². The maximum Gasteiger partial charge on any atom is 0.243 e. The number of carbonyl (C=O) groups is 1. The van der Waals surface area contributed by atoms with Gasteiger partial charge in [0.25, 0.3) is 0 Å². The first kappa shape index (κ1) is 19.8. The molecule has 1 aromatic carbocycles. The fourth-order valence-electron chi connectivity index (χ4n) is 3.05. The number of ether oxygens (including phenoxy) is 1. The lowest BCUT2D eigenvalue weighted by Gasteiger charge is -2.39. The molecule has 0 saturated heterocycles. The molecule has 1 amide bonds. The van der Waals surface area contributed by atoms with Crippen LogP contribution in [0.3, 0.4) is 0 Å². The minimum Gasteiger partial charge on any atom is -0.492 e. The van der Waals surface area contributed by atoms with Crippen LogP contribution in [0.4, 0.5) is 0 Å². The van der Waals surface area contributed by atoms with Crippen molar-refractivity contribution in [3.63, 3.8) is 0 Å². The fourth-order valence-corrected chi connectivity index (χ4v) is 3.05. The van der Waals surface area contributed by atoms with E-state index in [4.69, 9.17) is 4.74 Å². The zero-order valence-corrected chi connectivity index (χ0v) is 15.4. The molecule has 1 atom stereocenters. The van der Waals surface area contributed by atoms with Gasteiger partial charge >= 0.3 is 0 Å². The van der Waals surface area contributed by atoms with Crippen LogP contribution in [0.5, 0.6) is 5.75 Å². The SMILES string of the molecule is CCCN(C(C)C)N(CC)C(=O)C1COc2ccccc2C1.Cl. The van der Waals surface area contributed by atoms with Crippen molar-refractivity contribution in [1.82, 2.24) is 10.0 Å². The summed E-state index contributed by atoms with van der Waals surface area (Å²) >= 11 is 0. The molecule has 0 bridgehead atoms. The van der Waals surface area contributed by atoms with Gasteiger partial charge in [0, 0.05) is 19.1 Å². The first-order valence-corrected chi connectivity index (χ1v) is 8.37. The van der Waals surface area contributed by atoms with Gasteiger partial charge in [-0.1, -0.05) is 25.1 Å². The highest BCUT2D eigenvalue weighted by atomic mass is 35.5. The van der Waals surface area contributed by atoms with E-state index in [9.17, 15) is 4.79 Å². The summed E-state index contributed by atoms with van der Waals surface area (Å²) in [5, 5.41) is 4.10. The molecule has 2 rings (SSSR count). The normalized spacial score (nSPS) is 16.5. The minimum absolute atomic E-state index is 0. The van der Waals surface area contributed by atoms with Crippen molar-refractivity contribution in [1.29, 1.82) is 0 Å². The van der Waals surface area contributed by atoms with Gasteiger partial charge in [0.1, 0.15) is 12.4 Å². The van der Waals surface area contributed by atoms with E-state index in [0.717, 1.165) is 30.7 Å². The molecule has 130 valence electrons. The van der Waals surface area contributed by atoms with Crippen LogP contribution in [-0.4, -0.2) is 41.7 Å². The molecular formula is C18H29ClN2O2. The van der Waals surface area contributed by atoms with Gasteiger partial charge in [-0.2, -0.15) is 0 Å². The second kappa shape index (κ2) is 9.14. The van der Waals surface area contributed by atoms with Crippen molar-refractivity contribution >= 4 is 18.3 Å². The Hall–Kier alpha value is -1.26. The van der Waals surface area contributed by atoms with Gasteiger partial charge in [0.2, 0.25) is 5.91 Å². The molecule has 4 nitrogen and oxygen atoms in total. The second-order valence-corrected chi connectivity index (χ2v) is 6.13. The van der Waals surface area contributed by atoms with Crippen LogP contribution in [0, 0.1) is 5.92 Å². The van der Waals surface area contributed by atoms with Crippen molar-refractivity contribution in [2.24, 2.45) is 5.92 Å². The van der Waals surface area contributed by atoms with E-state index in [1.165, 1.54) is 0 Å². The summed E-state index contributed by atoms with van der Waals surface area (Å²) in [5.41, 5.74) is 1.13. The van der Waals surface area contributed by atoms with Crippen molar-refractivity contribution < 1.29 is 9.53 Å². The standard InChI is InChI=1S/C18H28N2O2.ClH/c1-5-11-20(14(3)4)19(6-2)18(21)16-12-15-9-7-8-10-17(15)22-13-16;/h7-10,14,16H,5-6,11-13H2,1-4H3;1H. The van der Waals surface area contributed by atoms with Gasteiger partial charge in [-0.15, -0.1) is 12.4 Å². The van der Waals surface area contributed by atoms with Gasteiger partial charge in [-0.3, -0.25) is 9.80 Å². The van der Waals surface area contributed by atoms with Crippen LogP contribution in [0.1, 0.15) is 39.7 Å². The Bertz CT molecular complexity index is 508. The zero-order chi connectivity index (χ0) is 16.1. The number of amides is 1. The molecule has 1 unspecified atom stereocenters. The number of hydrogen-bond acceptors (Lipinski definition) is 3. The van der Waals surface area contributed by atoms with Crippen LogP contribution in [0.15, 0.2) is 24.3 Å². The first-order chi connectivity index (χ1) is 10.6. The van der Waals surface area contributed by atoms with Gasteiger partial charge in [-0.05, 0) is 45.2 Å². The Balaban J connectivity index is 0.00000264. The lowest BCUT2D eigenvalue weighted by molar-refractivity contribution is -0.158. The molecule has 1 aromatic rings. The molecule has 0 spiro atoms. The summed E-state index contributed by atoms with van der Waals surface area (Å²) in [6.45, 7) is 10.5. The Kier molecular flexibility index (Phi) is 7.86. The van der Waals surface area contributed by atoms with Gasteiger partial charge in [0.15, 0.2) is 0 Å². The number of benzene rings is 1. The van der Waals surface area contributed by atoms with Crippen molar-refractivity contribution in [3.05, 3.63) is 29.8 Å². The number of nitrogens with zero attached hydrogens (tertiary/aromatic N) is 2. The predicted molar refractivity (Wildman–Crippen MR) is 95.9 cm³/mol. The van der Waals surface area contributed by atoms with E-state index in [0.29, 0.717) is 19.2 Å². The molecule has 23 heavy (non-hydrogen) atoms. The predicted octanol–water partition coefficient (Wildman–Crippen LogP) is 3.54. The van der Waals surface area contributed by atoms with E-state index >= 15 is 0 Å². The van der Waals surface area contributed by atoms with Crippen LogP contribution < -0.4 is 4.74 Å². The molecule has 0 aliphatic carbocycles. The molecule has 1 aliphatic rings. The lowest BCUT2D eigenvalue weighted by Crippen LogP contribution is -2.53. The Labute approximate surface area is 146 Å². The summed E-state index contributed by atoms with van der Waals surface area (Å²) in [4.78, 5) is 13.0. The second-order valence-electron chi connectivity index (χ2n) is 6.13. The topological polar surface area (TPSA) is 32.8 Å². The number of carbonyl (C=O) groups excluding carboxylic acids is 1. The average molecular weight is 341 g/mol. The zero-order valence-electron chi connectivity index (χ0n) is 14.6. The van der Waals surface area contributed by atoms with Gasteiger partial charge in [0.05, 0.1) is 5.92 Å². The third-order valence-electron chi connectivity index (χ3n) is 4.14. The number of hydrogen-bond donors (Lipinski definition) is 0. The van der Waals surface area contributed by atoms with Crippen LogP contribution >= 0.6 is 12.4 Å². The maximum absolute atomic E-state index is 13.0. The highest BCUT2D eigenvalue weighted by Crippen LogP contribution is 2.28. The van der Waals surface area contributed by atoms with Crippen LogP contribution in [0.2, 0.25) is 0 Å². The van der Waals surface area contributed by atoms with Crippen molar-refractivity contribution in [2.75, 3.05) is 19.7 Å². The van der Waals surface area contributed by atoms with Crippen LogP contribution in [-0.2, 0) is 11.2 Å². The highest BCUT2D eigenvalue weighted by molar-refractivity contribution is 5.85. The molecular weight excluding hydrogens is 312 g/mol. The average Bonchev–Trinajstić information content (AvgIpc) is 2.53. The third-order valence-corrected chi connectivity index (χ3v) is 4.14. The monoisotopic (exact) mass is 340 g/mol. The number of hydrazine groups is 1.